The van der Waals surface area contributed by atoms with Crippen LogP contribution in [-0.4, -0.2) is 55.0 Å². The molecule has 108 valence electrons. The molecule has 3 rings (SSSR count). The van der Waals surface area contributed by atoms with E-state index < -0.39 is 0 Å². The van der Waals surface area contributed by atoms with Gasteiger partial charge in [0, 0.05) is 39.3 Å². The van der Waals surface area contributed by atoms with Crippen molar-refractivity contribution >= 4 is 5.91 Å². The van der Waals surface area contributed by atoms with E-state index in [0.29, 0.717) is 5.91 Å². The zero-order valence-electron chi connectivity index (χ0n) is 11.9. The molecule has 4 nitrogen and oxygen atoms in total. The summed E-state index contributed by atoms with van der Waals surface area (Å²) in [6.45, 7) is 6.58. The number of rotatable bonds is 3. The molecular weight excluding hydrogens is 250 g/mol. The summed E-state index contributed by atoms with van der Waals surface area (Å²) in [6.07, 6.45) is 1.00. The topological polar surface area (TPSA) is 35.6 Å². The van der Waals surface area contributed by atoms with E-state index in [9.17, 15) is 4.79 Å². The van der Waals surface area contributed by atoms with Gasteiger partial charge in [-0.15, -0.1) is 0 Å². The van der Waals surface area contributed by atoms with Gasteiger partial charge in [0.25, 0.3) is 0 Å². The van der Waals surface area contributed by atoms with Crippen molar-refractivity contribution in [1.82, 2.24) is 15.1 Å². The average Bonchev–Trinajstić information content (AvgIpc) is 3.03. The van der Waals surface area contributed by atoms with Crippen LogP contribution in [0.1, 0.15) is 12.0 Å². The summed E-state index contributed by atoms with van der Waals surface area (Å²) in [5.41, 5.74) is 1.35. The van der Waals surface area contributed by atoms with E-state index in [2.05, 4.69) is 45.4 Å². The quantitative estimate of drug-likeness (QED) is 0.890. The van der Waals surface area contributed by atoms with E-state index in [1.54, 1.807) is 0 Å². The Morgan fingerprint density at radius 3 is 2.55 bits per heavy atom. The first-order valence-electron chi connectivity index (χ1n) is 7.59. The number of carbonyl (C=O) groups is 1. The van der Waals surface area contributed by atoms with Crippen LogP contribution in [-0.2, 0) is 11.3 Å². The van der Waals surface area contributed by atoms with E-state index in [1.807, 2.05) is 0 Å². The van der Waals surface area contributed by atoms with Gasteiger partial charge in [0.05, 0.1) is 5.92 Å². The van der Waals surface area contributed by atoms with Crippen LogP contribution >= 0.6 is 0 Å². The molecule has 2 aliphatic heterocycles. The average molecular weight is 273 g/mol. The van der Waals surface area contributed by atoms with Crippen molar-refractivity contribution in [2.24, 2.45) is 5.92 Å². The predicted octanol–water partition coefficient (Wildman–Crippen LogP) is 0.940. The highest BCUT2D eigenvalue weighted by Gasteiger charge is 2.29. The maximum absolute atomic E-state index is 12.3. The number of nitrogens with one attached hydrogen (secondary N) is 1. The minimum atomic E-state index is 0.218. The summed E-state index contributed by atoms with van der Waals surface area (Å²) >= 11 is 0. The maximum Gasteiger partial charge on any atom is 0.227 e. The zero-order chi connectivity index (χ0) is 13.8. The summed E-state index contributed by atoms with van der Waals surface area (Å²) in [4.78, 5) is 16.8. The summed E-state index contributed by atoms with van der Waals surface area (Å²) < 4.78 is 0. The van der Waals surface area contributed by atoms with E-state index >= 15 is 0 Å². The van der Waals surface area contributed by atoms with Crippen LogP contribution in [0.25, 0.3) is 0 Å². The lowest BCUT2D eigenvalue weighted by atomic mass is 10.1. The number of nitrogens with zero attached hydrogens (tertiary/aromatic N) is 2. The van der Waals surface area contributed by atoms with Gasteiger partial charge < -0.3 is 10.2 Å². The molecule has 2 heterocycles. The third-order valence-corrected chi connectivity index (χ3v) is 4.34. The van der Waals surface area contributed by atoms with Gasteiger partial charge in [-0.05, 0) is 18.5 Å². The van der Waals surface area contributed by atoms with Crippen molar-refractivity contribution in [2.45, 2.75) is 13.0 Å². The fourth-order valence-electron chi connectivity index (χ4n) is 3.09. The molecule has 2 fully saturated rings. The Morgan fingerprint density at radius 1 is 1.15 bits per heavy atom. The molecule has 20 heavy (non-hydrogen) atoms. The molecule has 1 N–H and O–H groups in total. The largest absolute Gasteiger partial charge is 0.340 e. The molecule has 2 aliphatic rings. The standard InChI is InChI=1S/C16H23N3O/c20-16(15-6-7-17-12-15)19-10-8-18(9-11-19)13-14-4-2-1-3-5-14/h1-5,15,17H,6-13H2. The lowest BCUT2D eigenvalue weighted by Crippen LogP contribution is -2.50. The Bertz CT molecular complexity index is 434. The number of hydrogen-bond acceptors (Lipinski definition) is 3. The van der Waals surface area contributed by atoms with Crippen molar-refractivity contribution in [3.63, 3.8) is 0 Å². The van der Waals surface area contributed by atoms with Gasteiger partial charge in [-0.1, -0.05) is 30.3 Å². The number of hydrogen-bond donors (Lipinski definition) is 1. The van der Waals surface area contributed by atoms with E-state index in [0.717, 1.165) is 52.2 Å². The molecule has 0 aromatic heterocycles. The van der Waals surface area contributed by atoms with Crippen LogP contribution < -0.4 is 5.32 Å². The van der Waals surface area contributed by atoms with Crippen LogP contribution in [0.3, 0.4) is 0 Å². The molecule has 1 atom stereocenters. The number of piperazine rings is 1. The molecule has 1 aromatic carbocycles. The first kappa shape index (κ1) is 13.6. The molecule has 4 heteroatoms. The van der Waals surface area contributed by atoms with Gasteiger partial charge in [-0.25, -0.2) is 0 Å². The molecule has 0 radical (unpaired) electrons. The van der Waals surface area contributed by atoms with Crippen molar-refractivity contribution < 1.29 is 4.79 Å². The highest BCUT2D eigenvalue weighted by molar-refractivity contribution is 5.79. The van der Waals surface area contributed by atoms with Crippen molar-refractivity contribution in [1.29, 1.82) is 0 Å². The molecule has 0 spiro atoms. The van der Waals surface area contributed by atoms with Crippen LogP contribution in [0.15, 0.2) is 30.3 Å². The van der Waals surface area contributed by atoms with E-state index in [-0.39, 0.29) is 5.92 Å². The van der Waals surface area contributed by atoms with Crippen molar-refractivity contribution in [2.75, 3.05) is 39.3 Å². The second-order valence-corrected chi connectivity index (χ2v) is 5.78. The molecule has 0 bridgehead atoms. The Hall–Kier alpha value is -1.39. The second-order valence-electron chi connectivity index (χ2n) is 5.78. The molecule has 0 saturated carbocycles. The molecular formula is C16H23N3O. The fraction of sp³-hybridized carbons (Fsp3) is 0.562. The first-order valence-corrected chi connectivity index (χ1v) is 7.59. The van der Waals surface area contributed by atoms with Gasteiger partial charge in [0.15, 0.2) is 0 Å². The third kappa shape index (κ3) is 3.19. The summed E-state index contributed by atoms with van der Waals surface area (Å²) in [7, 11) is 0. The highest BCUT2D eigenvalue weighted by Crippen LogP contribution is 2.14. The van der Waals surface area contributed by atoms with Gasteiger partial charge in [0.1, 0.15) is 0 Å². The van der Waals surface area contributed by atoms with Crippen LogP contribution in [0.4, 0.5) is 0 Å². The SMILES string of the molecule is O=C(C1CCNC1)N1CCN(Cc2ccccc2)CC1. The van der Waals surface area contributed by atoms with Crippen molar-refractivity contribution in [3.05, 3.63) is 35.9 Å². The Morgan fingerprint density at radius 2 is 1.90 bits per heavy atom. The molecule has 1 amide bonds. The predicted molar refractivity (Wildman–Crippen MR) is 79.3 cm³/mol. The molecule has 1 aromatic rings. The number of amides is 1. The smallest absolute Gasteiger partial charge is 0.227 e. The van der Waals surface area contributed by atoms with Gasteiger partial charge in [-0.2, -0.15) is 0 Å². The molecule has 0 aliphatic carbocycles. The Balaban J connectivity index is 1.48. The minimum Gasteiger partial charge on any atom is -0.340 e. The Kier molecular flexibility index (Phi) is 4.33. The Labute approximate surface area is 120 Å². The summed E-state index contributed by atoms with van der Waals surface area (Å²) in [5, 5.41) is 3.28. The highest BCUT2D eigenvalue weighted by atomic mass is 16.2. The molecule has 2 saturated heterocycles. The van der Waals surface area contributed by atoms with E-state index in [1.165, 1.54) is 5.56 Å². The normalized spacial score (nSPS) is 24.0. The van der Waals surface area contributed by atoms with Crippen LogP contribution in [0.5, 0.6) is 0 Å². The first-order chi connectivity index (χ1) is 9.83. The number of carbonyl (C=O) groups excluding carboxylic acids is 1. The van der Waals surface area contributed by atoms with Crippen molar-refractivity contribution in [3.8, 4) is 0 Å². The maximum atomic E-state index is 12.3. The fourth-order valence-corrected chi connectivity index (χ4v) is 3.09. The molecule has 1 unspecified atom stereocenters. The van der Waals surface area contributed by atoms with Gasteiger partial charge in [0.2, 0.25) is 5.91 Å². The van der Waals surface area contributed by atoms with Gasteiger partial charge in [-0.3, -0.25) is 9.69 Å². The minimum absolute atomic E-state index is 0.218. The summed E-state index contributed by atoms with van der Waals surface area (Å²) in [6, 6.07) is 10.6. The van der Waals surface area contributed by atoms with Gasteiger partial charge >= 0.3 is 0 Å². The summed E-state index contributed by atoms with van der Waals surface area (Å²) in [5.74, 6) is 0.574. The second kappa shape index (κ2) is 6.37. The lowest BCUT2D eigenvalue weighted by Gasteiger charge is -2.35. The van der Waals surface area contributed by atoms with E-state index in [4.69, 9.17) is 0 Å². The third-order valence-electron chi connectivity index (χ3n) is 4.34. The van der Waals surface area contributed by atoms with Crippen LogP contribution in [0, 0.1) is 5.92 Å². The zero-order valence-corrected chi connectivity index (χ0v) is 11.9. The van der Waals surface area contributed by atoms with Crippen LogP contribution in [0.2, 0.25) is 0 Å². The number of benzene rings is 1. The lowest BCUT2D eigenvalue weighted by molar-refractivity contribution is -0.136. The monoisotopic (exact) mass is 273 g/mol.